The number of nitrogens with one attached hydrogen (secondary N) is 1. The van der Waals surface area contributed by atoms with Gasteiger partial charge in [-0.3, -0.25) is 0 Å². The van der Waals surface area contributed by atoms with Crippen molar-refractivity contribution in [3.63, 3.8) is 0 Å². The van der Waals surface area contributed by atoms with Crippen LogP contribution < -0.4 is 5.32 Å². The number of rotatable bonds is 5. The van der Waals surface area contributed by atoms with Gasteiger partial charge < -0.3 is 10.4 Å². The summed E-state index contributed by atoms with van der Waals surface area (Å²) in [5.41, 5.74) is 4.01. The molecule has 1 aromatic heterocycles. The van der Waals surface area contributed by atoms with Crippen LogP contribution in [0.5, 0.6) is 0 Å². The quantitative estimate of drug-likeness (QED) is 0.824. The van der Waals surface area contributed by atoms with Gasteiger partial charge in [-0.15, -0.1) is 11.3 Å². The van der Waals surface area contributed by atoms with Crippen molar-refractivity contribution in [2.45, 2.75) is 46.6 Å². The molecule has 0 unspecified atom stereocenters. The van der Waals surface area contributed by atoms with Crippen LogP contribution >= 0.6 is 11.3 Å². The first-order valence-electron chi connectivity index (χ1n) is 8.60. The Hall–Kier alpha value is -1.65. The third kappa shape index (κ3) is 3.26. The van der Waals surface area contributed by atoms with Gasteiger partial charge in [0.15, 0.2) is 0 Å². The Bertz CT molecular complexity index is 761. The van der Waals surface area contributed by atoms with Crippen LogP contribution in [0.2, 0.25) is 0 Å². The second-order valence-electron chi connectivity index (χ2n) is 7.29. The van der Waals surface area contributed by atoms with E-state index in [-0.39, 0.29) is 5.41 Å². The summed E-state index contributed by atoms with van der Waals surface area (Å²) in [4.78, 5) is 14.2. The predicted molar refractivity (Wildman–Crippen MR) is 99.9 cm³/mol. The SMILES string of the molecule is CCNCc1ccccc1-c1sc2c(c1C(=O)O)CC(C)(C)CC2. The second-order valence-corrected chi connectivity index (χ2v) is 8.40. The molecule has 0 bridgehead atoms. The van der Waals surface area contributed by atoms with Gasteiger partial charge in [0.1, 0.15) is 0 Å². The van der Waals surface area contributed by atoms with E-state index in [0.717, 1.165) is 48.4 Å². The van der Waals surface area contributed by atoms with Gasteiger partial charge >= 0.3 is 5.97 Å². The van der Waals surface area contributed by atoms with E-state index in [9.17, 15) is 9.90 Å². The first-order chi connectivity index (χ1) is 11.4. The highest BCUT2D eigenvalue weighted by Crippen LogP contribution is 2.45. The fraction of sp³-hybridized carbons (Fsp3) is 0.450. The summed E-state index contributed by atoms with van der Waals surface area (Å²) in [6, 6.07) is 8.17. The normalized spacial score (nSPS) is 16.0. The average molecular weight is 343 g/mol. The van der Waals surface area contributed by atoms with Crippen molar-refractivity contribution >= 4 is 17.3 Å². The van der Waals surface area contributed by atoms with E-state index in [0.29, 0.717) is 5.56 Å². The summed E-state index contributed by atoms with van der Waals surface area (Å²) in [7, 11) is 0. The first-order valence-corrected chi connectivity index (χ1v) is 9.41. The number of aromatic carboxylic acids is 1. The lowest BCUT2D eigenvalue weighted by Gasteiger charge is -2.29. The molecule has 0 atom stereocenters. The van der Waals surface area contributed by atoms with Crippen molar-refractivity contribution in [2.24, 2.45) is 5.41 Å². The molecule has 3 rings (SSSR count). The molecule has 2 aromatic rings. The lowest BCUT2D eigenvalue weighted by molar-refractivity contribution is 0.0696. The molecule has 0 amide bonds. The molecule has 1 aliphatic rings. The highest BCUT2D eigenvalue weighted by atomic mass is 32.1. The zero-order valence-electron chi connectivity index (χ0n) is 14.6. The summed E-state index contributed by atoms with van der Waals surface area (Å²) in [6.45, 7) is 8.21. The minimum atomic E-state index is -0.793. The summed E-state index contributed by atoms with van der Waals surface area (Å²) in [5, 5.41) is 13.3. The van der Waals surface area contributed by atoms with E-state index in [4.69, 9.17) is 0 Å². The monoisotopic (exact) mass is 343 g/mol. The number of carboxylic acids is 1. The maximum atomic E-state index is 12.1. The lowest BCUT2D eigenvalue weighted by Crippen LogP contribution is -2.22. The number of benzene rings is 1. The predicted octanol–water partition coefficient (Wildman–Crippen LogP) is 4.74. The molecule has 128 valence electrons. The number of hydrogen-bond acceptors (Lipinski definition) is 3. The smallest absolute Gasteiger partial charge is 0.337 e. The molecule has 1 aromatic carbocycles. The van der Waals surface area contributed by atoms with Gasteiger partial charge in [0.05, 0.1) is 5.56 Å². The lowest BCUT2D eigenvalue weighted by atomic mass is 9.76. The van der Waals surface area contributed by atoms with Gasteiger partial charge in [0.25, 0.3) is 0 Å². The number of aryl methyl sites for hydroxylation is 1. The van der Waals surface area contributed by atoms with Gasteiger partial charge in [-0.25, -0.2) is 4.79 Å². The van der Waals surface area contributed by atoms with Crippen LogP contribution in [0.1, 0.15) is 53.6 Å². The number of thiophene rings is 1. The van der Waals surface area contributed by atoms with Crippen LogP contribution in [-0.2, 0) is 19.4 Å². The van der Waals surface area contributed by atoms with Crippen LogP contribution in [0.4, 0.5) is 0 Å². The molecular formula is C20H25NO2S. The molecule has 1 heterocycles. The Morgan fingerprint density at radius 2 is 2.08 bits per heavy atom. The third-order valence-corrected chi connectivity index (χ3v) is 6.14. The standard InChI is InChI=1S/C20H25NO2S/c1-4-21-12-13-7-5-6-8-14(13)18-17(19(22)23)15-11-20(2,3)10-9-16(15)24-18/h5-8,21H,4,9-12H2,1-3H3,(H,22,23). The zero-order valence-corrected chi connectivity index (χ0v) is 15.4. The molecule has 0 aliphatic heterocycles. The van der Waals surface area contributed by atoms with Gasteiger partial charge in [-0.1, -0.05) is 45.0 Å². The van der Waals surface area contributed by atoms with Crippen LogP contribution in [-0.4, -0.2) is 17.6 Å². The number of hydrogen-bond donors (Lipinski definition) is 2. The first kappa shape index (κ1) is 17.2. The van der Waals surface area contributed by atoms with Crippen LogP contribution in [0.15, 0.2) is 24.3 Å². The highest BCUT2D eigenvalue weighted by Gasteiger charge is 2.33. The topological polar surface area (TPSA) is 49.3 Å². The van der Waals surface area contributed by atoms with Crippen molar-refractivity contribution < 1.29 is 9.90 Å². The van der Waals surface area contributed by atoms with E-state index in [2.05, 4.69) is 38.2 Å². The molecule has 24 heavy (non-hydrogen) atoms. The van der Waals surface area contributed by atoms with Gasteiger partial charge in [0, 0.05) is 16.3 Å². The minimum absolute atomic E-state index is 0.179. The average Bonchev–Trinajstić information content (AvgIpc) is 2.90. The van der Waals surface area contributed by atoms with Crippen LogP contribution in [0, 0.1) is 5.41 Å². The van der Waals surface area contributed by atoms with E-state index in [1.165, 1.54) is 10.4 Å². The van der Waals surface area contributed by atoms with Gasteiger partial charge in [-0.2, -0.15) is 0 Å². The molecular weight excluding hydrogens is 318 g/mol. The summed E-state index contributed by atoms with van der Waals surface area (Å²) < 4.78 is 0. The van der Waals surface area contributed by atoms with Gasteiger partial charge in [0.2, 0.25) is 0 Å². The minimum Gasteiger partial charge on any atom is -0.478 e. The molecule has 0 radical (unpaired) electrons. The van der Waals surface area contributed by atoms with Crippen molar-refractivity contribution in [1.29, 1.82) is 0 Å². The summed E-state index contributed by atoms with van der Waals surface area (Å²) >= 11 is 1.68. The summed E-state index contributed by atoms with van der Waals surface area (Å²) in [6.07, 6.45) is 2.97. The molecule has 0 spiro atoms. The molecule has 0 saturated carbocycles. The van der Waals surface area contributed by atoms with Crippen molar-refractivity contribution in [3.05, 3.63) is 45.8 Å². The van der Waals surface area contributed by atoms with Crippen molar-refractivity contribution in [2.75, 3.05) is 6.54 Å². The van der Waals surface area contributed by atoms with E-state index >= 15 is 0 Å². The Morgan fingerprint density at radius 3 is 2.79 bits per heavy atom. The van der Waals surface area contributed by atoms with Gasteiger partial charge in [-0.05, 0) is 47.9 Å². The van der Waals surface area contributed by atoms with Crippen LogP contribution in [0.3, 0.4) is 0 Å². The number of fused-ring (bicyclic) bond motifs is 1. The van der Waals surface area contributed by atoms with E-state index in [1.807, 2.05) is 12.1 Å². The number of carbonyl (C=O) groups is 1. The fourth-order valence-corrected chi connectivity index (χ4v) is 4.86. The maximum absolute atomic E-state index is 12.1. The Kier molecular flexibility index (Phi) is 4.79. The molecule has 1 aliphatic carbocycles. The summed E-state index contributed by atoms with van der Waals surface area (Å²) in [5.74, 6) is -0.793. The third-order valence-electron chi connectivity index (χ3n) is 4.82. The Labute approximate surface area is 147 Å². The molecule has 2 N–H and O–H groups in total. The van der Waals surface area contributed by atoms with E-state index < -0.39 is 5.97 Å². The molecule has 3 nitrogen and oxygen atoms in total. The number of carboxylic acid groups (broad SMARTS) is 1. The van der Waals surface area contributed by atoms with E-state index in [1.54, 1.807) is 11.3 Å². The maximum Gasteiger partial charge on any atom is 0.337 e. The Balaban J connectivity index is 2.13. The fourth-order valence-electron chi connectivity index (χ4n) is 3.49. The van der Waals surface area contributed by atoms with Crippen LogP contribution in [0.25, 0.3) is 10.4 Å². The molecule has 4 heteroatoms. The van der Waals surface area contributed by atoms with Crippen molar-refractivity contribution in [1.82, 2.24) is 5.32 Å². The molecule has 0 saturated heterocycles. The Morgan fingerprint density at radius 1 is 1.33 bits per heavy atom. The highest BCUT2D eigenvalue weighted by molar-refractivity contribution is 7.16. The molecule has 0 fully saturated rings. The van der Waals surface area contributed by atoms with Crippen molar-refractivity contribution in [3.8, 4) is 10.4 Å². The second kappa shape index (κ2) is 6.69. The zero-order chi connectivity index (χ0) is 17.3. The largest absolute Gasteiger partial charge is 0.478 e.